The second kappa shape index (κ2) is 8.30. The van der Waals surface area contributed by atoms with E-state index in [0.717, 1.165) is 17.0 Å². The number of urea groups is 1. The summed E-state index contributed by atoms with van der Waals surface area (Å²) >= 11 is 0. The fourth-order valence-corrected chi connectivity index (χ4v) is 3.38. The fraction of sp³-hybridized carbons (Fsp3) is 0.333. The molecule has 4 rings (SSSR count). The number of carbonyl (C=O) groups excluding carboxylic acids is 2. The summed E-state index contributed by atoms with van der Waals surface area (Å²) in [6.45, 7) is 2.41. The molecule has 0 saturated carbocycles. The highest BCUT2D eigenvalue weighted by molar-refractivity contribution is 5.96. The van der Waals surface area contributed by atoms with Gasteiger partial charge in [-0.25, -0.2) is 4.79 Å². The highest BCUT2D eigenvalue weighted by Crippen LogP contribution is 2.34. The Morgan fingerprint density at radius 1 is 1.10 bits per heavy atom. The van der Waals surface area contributed by atoms with Crippen molar-refractivity contribution < 1.29 is 23.8 Å². The van der Waals surface area contributed by atoms with Gasteiger partial charge in [0.25, 0.3) is 0 Å². The summed E-state index contributed by atoms with van der Waals surface area (Å²) in [7, 11) is 1.60. The van der Waals surface area contributed by atoms with Crippen LogP contribution in [0.4, 0.5) is 10.5 Å². The Bertz CT molecular complexity index is 917. The van der Waals surface area contributed by atoms with Crippen LogP contribution >= 0.6 is 0 Å². The zero-order valence-electron chi connectivity index (χ0n) is 16.2. The molecule has 3 amide bonds. The molecule has 1 fully saturated rings. The number of carbonyl (C=O) groups is 2. The van der Waals surface area contributed by atoms with Crippen molar-refractivity contribution in [1.29, 1.82) is 0 Å². The van der Waals surface area contributed by atoms with Gasteiger partial charge in [0, 0.05) is 31.4 Å². The molecule has 0 unspecified atom stereocenters. The van der Waals surface area contributed by atoms with Crippen LogP contribution in [0.15, 0.2) is 42.5 Å². The summed E-state index contributed by atoms with van der Waals surface area (Å²) in [4.78, 5) is 28.3. The van der Waals surface area contributed by atoms with Crippen molar-refractivity contribution in [2.24, 2.45) is 0 Å². The van der Waals surface area contributed by atoms with E-state index in [-0.39, 0.29) is 18.5 Å². The lowest BCUT2D eigenvalue weighted by Gasteiger charge is -2.22. The lowest BCUT2D eigenvalue weighted by Crippen LogP contribution is -2.39. The van der Waals surface area contributed by atoms with Crippen LogP contribution in [0.3, 0.4) is 0 Å². The SMILES string of the molecule is COc1cccc(CNC(=O)CN2CCN(c3ccc4c(c3)OCCO4)C2=O)c1. The first-order valence-corrected chi connectivity index (χ1v) is 9.50. The molecule has 2 aliphatic rings. The number of hydrogen-bond donors (Lipinski definition) is 1. The van der Waals surface area contributed by atoms with E-state index < -0.39 is 0 Å². The van der Waals surface area contributed by atoms with Gasteiger partial charge in [0.1, 0.15) is 25.5 Å². The van der Waals surface area contributed by atoms with E-state index in [1.807, 2.05) is 30.3 Å². The molecule has 0 aromatic heterocycles. The number of benzene rings is 2. The summed E-state index contributed by atoms with van der Waals surface area (Å²) in [5.41, 5.74) is 1.67. The van der Waals surface area contributed by atoms with Gasteiger partial charge < -0.3 is 24.4 Å². The second-order valence-corrected chi connectivity index (χ2v) is 6.81. The summed E-state index contributed by atoms with van der Waals surface area (Å²) in [5, 5.41) is 2.85. The fourth-order valence-electron chi connectivity index (χ4n) is 3.38. The van der Waals surface area contributed by atoms with Crippen molar-refractivity contribution in [3.05, 3.63) is 48.0 Å². The highest BCUT2D eigenvalue weighted by Gasteiger charge is 2.31. The summed E-state index contributed by atoms with van der Waals surface area (Å²) in [6, 6.07) is 12.7. The van der Waals surface area contributed by atoms with Crippen molar-refractivity contribution in [2.45, 2.75) is 6.54 Å². The van der Waals surface area contributed by atoms with Gasteiger partial charge >= 0.3 is 6.03 Å². The first-order chi connectivity index (χ1) is 14.1. The highest BCUT2D eigenvalue weighted by atomic mass is 16.6. The van der Waals surface area contributed by atoms with Gasteiger partial charge in [-0.2, -0.15) is 0 Å². The Labute approximate surface area is 168 Å². The minimum atomic E-state index is -0.204. The maximum absolute atomic E-state index is 12.8. The number of rotatable bonds is 6. The third-order valence-electron chi connectivity index (χ3n) is 4.89. The van der Waals surface area contributed by atoms with Crippen LogP contribution in [0, 0.1) is 0 Å². The minimum absolute atomic E-state index is 0.0177. The Balaban J connectivity index is 1.33. The Hall–Kier alpha value is -3.42. The molecule has 0 aliphatic carbocycles. The van der Waals surface area contributed by atoms with Gasteiger partial charge in [-0.05, 0) is 29.8 Å². The molecular formula is C21H23N3O5. The lowest BCUT2D eigenvalue weighted by molar-refractivity contribution is -0.121. The molecule has 1 N–H and O–H groups in total. The number of nitrogens with zero attached hydrogens (tertiary/aromatic N) is 2. The summed E-state index contributed by atoms with van der Waals surface area (Å²) in [6.07, 6.45) is 0. The van der Waals surface area contributed by atoms with Crippen molar-refractivity contribution in [1.82, 2.24) is 10.2 Å². The third kappa shape index (κ3) is 4.21. The predicted octanol–water partition coefficient (Wildman–Crippen LogP) is 2.02. The zero-order chi connectivity index (χ0) is 20.2. The van der Waals surface area contributed by atoms with Crippen LogP contribution < -0.4 is 24.4 Å². The van der Waals surface area contributed by atoms with E-state index >= 15 is 0 Å². The Kier molecular flexibility index (Phi) is 5.41. The van der Waals surface area contributed by atoms with Crippen molar-refractivity contribution in [3.8, 4) is 17.2 Å². The average Bonchev–Trinajstić information content (AvgIpc) is 3.12. The maximum atomic E-state index is 12.8. The maximum Gasteiger partial charge on any atom is 0.325 e. The largest absolute Gasteiger partial charge is 0.497 e. The molecule has 0 radical (unpaired) electrons. The van der Waals surface area contributed by atoms with Crippen LogP contribution in [0.5, 0.6) is 17.2 Å². The quantitative estimate of drug-likeness (QED) is 0.807. The predicted molar refractivity (Wildman–Crippen MR) is 107 cm³/mol. The number of hydrogen-bond acceptors (Lipinski definition) is 5. The molecule has 2 aliphatic heterocycles. The van der Waals surface area contributed by atoms with E-state index in [1.54, 1.807) is 24.1 Å². The summed E-state index contributed by atoms with van der Waals surface area (Å²) < 4.78 is 16.3. The Morgan fingerprint density at radius 3 is 2.76 bits per heavy atom. The molecule has 8 heteroatoms. The van der Waals surface area contributed by atoms with Crippen molar-refractivity contribution >= 4 is 17.6 Å². The molecule has 1 saturated heterocycles. The van der Waals surface area contributed by atoms with Crippen LogP contribution in [-0.4, -0.2) is 56.8 Å². The first-order valence-electron chi connectivity index (χ1n) is 9.50. The molecule has 29 heavy (non-hydrogen) atoms. The third-order valence-corrected chi connectivity index (χ3v) is 4.89. The van der Waals surface area contributed by atoms with E-state index in [4.69, 9.17) is 14.2 Å². The number of nitrogens with one attached hydrogen (secondary N) is 1. The molecule has 8 nitrogen and oxygen atoms in total. The van der Waals surface area contributed by atoms with Gasteiger partial charge in [0.2, 0.25) is 5.91 Å². The molecule has 2 heterocycles. The second-order valence-electron chi connectivity index (χ2n) is 6.81. The smallest absolute Gasteiger partial charge is 0.325 e. The van der Waals surface area contributed by atoms with Crippen molar-refractivity contribution in [2.75, 3.05) is 44.9 Å². The van der Waals surface area contributed by atoms with Gasteiger partial charge in [-0.15, -0.1) is 0 Å². The number of amides is 3. The minimum Gasteiger partial charge on any atom is -0.497 e. The van der Waals surface area contributed by atoms with Crippen LogP contribution in [0.1, 0.15) is 5.56 Å². The van der Waals surface area contributed by atoms with Crippen molar-refractivity contribution in [3.63, 3.8) is 0 Å². The van der Waals surface area contributed by atoms with E-state index in [0.29, 0.717) is 44.3 Å². The molecule has 0 atom stereocenters. The van der Waals surface area contributed by atoms with E-state index in [2.05, 4.69) is 5.32 Å². The number of ether oxygens (including phenoxy) is 3. The van der Waals surface area contributed by atoms with E-state index in [9.17, 15) is 9.59 Å². The molecule has 2 aromatic carbocycles. The normalized spacial score (nSPS) is 15.4. The number of anilines is 1. The van der Waals surface area contributed by atoms with Gasteiger partial charge in [-0.3, -0.25) is 9.69 Å². The number of fused-ring (bicyclic) bond motifs is 1. The molecular weight excluding hydrogens is 374 g/mol. The molecule has 0 spiro atoms. The molecule has 0 bridgehead atoms. The van der Waals surface area contributed by atoms with Gasteiger partial charge in [0.15, 0.2) is 11.5 Å². The summed E-state index contributed by atoms with van der Waals surface area (Å²) in [5.74, 6) is 1.85. The van der Waals surface area contributed by atoms with E-state index in [1.165, 1.54) is 4.90 Å². The Morgan fingerprint density at radius 2 is 1.93 bits per heavy atom. The molecule has 2 aromatic rings. The number of methoxy groups -OCH3 is 1. The topological polar surface area (TPSA) is 80.3 Å². The van der Waals surface area contributed by atoms with Gasteiger partial charge in [0.05, 0.1) is 7.11 Å². The zero-order valence-corrected chi connectivity index (χ0v) is 16.2. The van der Waals surface area contributed by atoms with Crippen LogP contribution in [0.2, 0.25) is 0 Å². The molecule has 152 valence electrons. The standard InChI is InChI=1S/C21H23N3O5/c1-27-17-4-2-3-15(11-17)13-22-20(25)14-23-7-8-24(21(23)26)16-5-6-18-19(12-16)29-10-9-28-18/h2-6,11-12H,7-10,13-14H2,1H3,(H,22,25). The average molecular weight is 397 g/mol. The lowest BCUT2D eigenvalue weighted by atomic mass is 10.2. The van der Waals surface area contributed by atoms with Crippen LogP contribution in [0.25, 0.3) is 0 Å². The van der Waals surface area contributed by atoms with Crippen LogP contribution in [-0.2, 0) is 11.3 Å². The first kappa shape index (κ1) is 18.9. The van der Waals surface area contributed by atoms with Gasteiger partial charge in [-0.1, -0.05) is 12.1 Å². The monoisotopic (exact) mass is 397 g/mol.